The number of aryl methyl sites for hydroxylation is 1. The molecule has 1 N–H and O–H groups in total. The molecular formula is C21H22ClF3N8O3. The highest BCUT2D eigenvalue weighted by atomic mass is 35.5. The van der Waals surface area contributed by atoms with Crippen LogP contribution in [0.25, 0.3) is 11.2 Å². The smallest absolute Gasteiger partial charge is 0.380 e. The van der Waals surface area contributed by atoms with E-state index >= 15 is 0 Å². The molecule has 0 saturated carbocycles. The van der Waals surface area contributed by atoms with E-state index in [-0.39, 0.29) is 54.9 Å². The summed E-state index contributed by atoms with van der Waals surface area (Å²) in [5, 5.41) is 12.0. The van der Waals surface area contributed by atoms with Gasteiger partial charge in [0.1, 0.15) is 0 Å². The van der Waals surface area contributed by atoms with Gasteiger partial charge in [0.05, 0.1) is 25.3 Å². The molecule has 0 aliphatic heterocycles. The molecule has 1 aromatic carbocycles. The fourth-order valence-corrected chi connectivity index (χ4v) is 3.86. The first-order valence-electron chi connectivity index (χ1n) is 11.1. The average molecular weight is 527 g/mol. The molecule has 4 aromatic rings. The van der Waals surface area contributed by atoms with Crippen LogP contribution in [0, 0.1) is 0 Å². The van der Waals surface area contributed by atoms with Crippen LogP contribution in [0.2, 0.25) is 5.28 Å². The lowest BCUT2D eigenvalue weighted by Crippen LogP contribution is -2.41. The van der Waals surface area contributed by atoms with Crippen molar-refractivity contribution in [3.05, 3.63) is 67.3 Å². The number of ether oxygens (including phenoxy) is 1. The van der Waals surface area contributed by atoms with Gasteiger partial charge in [-0.3, -0.25) is 13.9 Å². The maximum absolute atomic E-state index is 13.0. The van der Waals surface area contributed by atoms with Crippen LogP contribution in [0.3, 0.4) is 0 Å². The van der Waals surface area contributed by atoms with Crippen LogP contribution in [-0.2, 0) is 37.0 Å². The minimum absolute atomic E-state index is 0.00970. The molecular weight excluding hydrogens is 505 g/mol. The number of alkyl halides is 3. The Kier molecular flexibility index (Phi) is 7.54. The van der Waals surface area contributed by atoms with Gasteiger partial charge in [0.25, 0.3) is 5.56 Å². The lowest BCUT2D eigenvalue weighted by molar-refractivity contribution is -0.137. The Labute approximate surface area is 206 Å². The van der Waals surface area contributed by atoms with Crippen molar-refractivity contribution in [2.75, 3.05) is 13.2 Å². The van der Waals surface area contributed by atoms with Gasteiger partial charge in [-0.25, -0.2) is 4.79 Å². The molecule has 3 heterocycles. The second-order valence-electron chi connectivity index (χ2n) is 7.84. The monoisotopic (exact) mass is 526 g/mol. The number of hydrogen-bond donors (Lipinski definition) is 1. The Bertz CT molecular complexity index is 1470. The number of hydrogen-bond acceptors (Lipinski definition) is 7. The van der Waals surface area contributed by atoms with Crippen molar-refractivity contribution < 1.29 is 17.9 Å². The van der Waals surface area contributed by atoms with E-state index in [1.807, 2.05) is 6.92 Å². The summed E-state index contributed by atoms with van der Waals surface area (Å²) >= 11 is 5.92. The minimum Gasteiger partial charge on any atom is -0.380 e. The van der Waals surface area contributed by atoms with E-state index in [0.29, 0.717) is 18.6 Å². The molecule has 0 bridgehead atoms. The summed E-state index contributed by atoms with van der Waals surface area (Å²) in [7, 11) is 0. The SMILES string of the molecule is CCOCCn1c(=O)n(CCCn2nnc(Cc3cccc(C(F)(F)F)c3)n2)c(=O)c2[nH]c(Cl)nc21. The Balaban J connectivity index is 1.46. The van der Waals surface area contributed by atoms with E-state index in [9.17, 15) is 22.8 Å². The Morgan fingerprint density at radius 3 is 2.69 bits per heavy atom. The van der Waals surface area contributed by atoms with Gasteiger partial charge >= 0.3 is 11.9 Å². The number of rotatable bonds is 10. The second kappa shape index (κ2) is 10.6. The summed E-state index contributed by atoms with van der Waals surface area (Å²) in [5.74, 6) is 0.248. The highest BCUT2D eigenvalue weighted by Gasteiger charge is 2.30. The van der Waals surface area contributed by atoms with Crippen LogP contribution >= 0.6 is 11.6 Å². The number of halogens is 4. The summed E-state index contributed by atoms with van der Waals surface area (Å²) < 4.78 is 46.5. The molecule has 0 unspecified atom stereocenters. The molecule has 4 rings (SSSR count). The number of aromatic amines is 1. The Morgan fingerprint density at radius 2 is 1.94 bits per heavy atom. The highest BCUT2D eigenvalue weighted by Crippen LogP contribution is 2.29. The van der Waals surface area contributed by atoms with Gasteiger partial charge in [0.2, 0.25) is 5.28 Å². The fraction of sp³-hybridized carbons (Fsp3) is 0.429. The summed E-state index contributed by atoms with van der Waals surface area (Å²) in [5.41, 5.74) is -1.19. The van der Waals surface area contributed by atoms with Gasteiger partial charge in [-0.1, -0.05) is 18.2 Å². The molecule has 0 spiro atoms. The van der Waals surface area contributed by atoms with E-state index in [4.69, 9.17) is 16.3 Å². The molecule has 0 amide bonds. The van der Waals surface area contributed by atoms with Crippen molar-refractivity contribution in [3.63, 3.8) is 0 Å². The third-order valence-corrected chi connectivity index (χ3v) is 5.53. The zero-order chi connectivity index (χ0) is 25.9. The Hall–Kier alpha value is -3.52. The molecule has 0 radical (unpaired) electrons. The largest absolute Gasteiger partial charge is 0.416 e. The van der Waals surface area contributed by atoms with Crippen molar-refractivity contribution >= 4 is 22.8 Å². The molecule has 3 aromatic heterocycles. The number of benzene rings is 1. The van der Waals surface area contributed by atoms with Crippen LogP contribution < -0.4 is 11.2 Å². The van der Waals surface area contributed by atoms with Crippen LogP contribution in [0.4, 0.5) is 13.2 Å². The first-order valence-corrected chi connectivity index (χ1v) is 11.4. The molecule has 0 saturated heterocycles. The number of imidazole rings is 1. The standard InChI is InChI=1S/C21H22ClF3N8O3/c1-2-36-10-9-31-17-16(26-19(22)27-17)18(34)32(20(31)35)7-4-8-33-29-15(28-30-33)12-13-5-3-6-14(11-13)21(23,24)25/h3,5-6,11H,2,4,7-10,12H2,1H3,(H,26,27). The average Bonchev–Trinajstić information content (AvgIpc) is 3.44. The second-order valence-corrected chi connectivity index (χ2v) is 8.20. The van der Waals surface area contributed by atoms with Gasteiger partial charge in [-0.15, -0.1) is 10.2 Å². The van der Waals surface area contributed by atoms with Crippen LogP contribution in [0.15, 0.2) is 33.9 Å². The summed E-state index contributed by atoms with van der Waals surface area (Å²) in [4.78, 5) is 33.9. The molecule has 0 aliphatic carbocycles. The fourth-order valence-electron chi connectivity index (χ4n) is 3.69. The van der Waals surface area contributed by atoms with Crippen molar-refractivity contribution in [1.82, 2.24) is 39.3 Å². The van der Waals surface area contributed by atoms with Gasteiger partial charge in [-0.2, -0.15) is 23.0 Å². The lowest BCUT2D eigenvalue weighted by Gasteiger charge is -2.11. The van der Waals surface area contributed by atoms with Crippen LogP contribution in [-0.4, -0.2) is 52.5 Å². The van der Waals surface area contributed by atoms with Gasteiger partial charge in [-0.05, 0) is 41.8 Å². The number of H-pyrrole nitrogens is 1. The van der Waals surface area contributed by atoms with E-state index < -0.39 is 23.0 Å². The number of nitrogens with zero attached hydrogens (tertiary/aromatic N) is 7. The molecule has 15 heteroatoms. The third-order valence-electron chi connectivity index (χ3n) is 5.35. The van der Waals surface area contributed by atoms with Gasteiger partial charge in [0.15, 0.2) is 17.0 Å². The third kappa shape index (κ3) is 5.65. The molecule has 192 valence electrons. The zero-order valence-electron chi connectivity index (χ0n) is 19.1. The lowest BCUT2D eigenvalue weighted by atomic mass is 10.1. The van der Waals surface area contributed by atoms with Crippen molar-refractivity contribution in [3.8, 4) is 0 Å². The van der Waals surface area contributed by atoms with E-state index in [1.54, 1.807) is 6.07 Å². The van der Waals surface area contributed by atoms with E-state index in [2.05, 4.69) is 25.4 Å². The molecule has 0 aliphatic rings. The van der Waals surface area contributed by atoms with Crippen LogP contribution in [0.1, 0.15) is 30.3 Å². The first kappa shape index (κ1) is 25.6. The number of tetrazole rings is 1. The summed E-state index contributed by atoms with van der Waals surface area (Å²) in [6, 6.07) is 4.92. The number of nitrogens with one attached hydrogen (secondary N) is 1. The maximum Gasteiger partial charge on any atom is 0.416 e. The van der Waals surface area contributed by atoms with Gasteiger partial charge < -0.3 is 9.72 Å². The summed E-state index contributed by atoms with van der Waals surface area (Å²) in [6.07, 6.45) is -4.05. The maximum atomic E-state index is 13.0. The van der Waals surface area contributed by atoms with Crippen molar-refractivity contribution in [1.29, 1.82) is 0 Å². The highest BCUT2D eigenvalue weighted by molar-refractivity contribution is 6.28. The van der Waals surface area contributed by atoms with Crippen molar-refractivity contribution in [2.24, 2.45) is 0 Å². The predicted molar refractivity (Wildman–Crippen MR) is 123 cm³/mol. The van der Waals surface area contributed by atoms with Gasteiger partial charge in [0, 0.05) is 19.6 Å². The van der Waals surface area contributed by atoms with E-state index in [1.165, 1.54) is 15.4 Å². The topological polar surface area (TPSA) is 126 Å². The molecule has 11 nitrogen and oxygen atoms in total. The quantitative estimate of drug-likeness (QED) is 0.248. The Morgan fingerprint density at radius 1 is 1.14 bits per heavy atom. The zero-order valence-corrected chi connectivity index (χ0v) is 19.9. The molecule has 0 fully saturated rings. The number of aromatic nitrogens is 8. The first-order chi connectivity index (χ1) is 17.2. The molecule has 0 atom stereocenters. The van der Waals surface area contributed by atoms with E-state index in [0.717, 1.165) is 16.7 Å². The van der Waals surface area contributed by atoms with Crippen molar-refractivity contribution in [2.45, 2.75) is 45.6 Å². The number of fused-ring (bicyclic) bond motifs is 1. The summed E-state index contributed by atoms with van der Waals surface area (Å²) in [6.45, 7) is 3.03. The normalized spacial score (nSPS) is 12.0. The minimum atomic E-state index is -4.44. The van der Waals surface area contributed by atoms with Crippen LogP contribution in [0.5, 0.6) is 0 Å². The molecule has 36 heavy (non-hydrogen) atoms. The predicted octanol–water partition coefficient (Wildman–Crippen LogP) is 2.26.